The molecule has 0 fully saturated rings. The van der Waals surface area contributed by atoms with E-state index in [9.17, 15) is 13.2 Å². The number of benzene rings is 1. The number of carbonyl (C=O) groups is 1. The lowest BCUT2D eigenvalue weighted by atomic mass is 10.1. The largest absolute Gasteiger partial charge is 0.454 e. The molecule has 1 aromatic carbocycles. The zero-order valence-electron chi connectivity index (χ0n) is 14.6. The van der Waals surface area contributed by atoms with Crippen molar-refractivity contribution in [3.05, 3.63) is 41.3 Å². The van der Waals surface area contributed by atoms with Gasteiger partial charge in [-0.15, -0.1) is 11.3 Å². The van der Waals surface area contributed by atoms with E-state index in [0.29, 0.717) is 23.5 Å². The van der Waals surface area contributed by atoms with E-state index in [1.165, 1.54) is 11.3 Å². The number of fused-ring (bicyclic) bond motifs is 1. The van der Waals surface area contributed by atoms with Crippen LogP contribution in [0.4, 0.5) is 0 Å². The molecule has 8 heteroatoms. The van der Waals surface area contributed by atoms with E-state index in [4.69, 9.17) is 9.47 Å². The van der Waals surface area contributed by atoms with E-state index in [1.54, 1.807) is 35.7 Å². The van der Waals surface area contributed by atoms with Crippen molar-refractivity contribution in [3.8, 4) is 11.5 Å². The van der Waals surface area contributed by atoms with Crippen LogP contribution in [0, 0.1) is 5.92 Å². The Labute approximate surface area is 157 Å². The van der Waals surface area contributed by atoms with Crippen LogP contribution in [0.1, 0.15) is 31.1 Å². The Morgan fingerprint density at radius 1 is 1.23 bits per heavy atom. The third kappa shape index (κ3) is 4.02. The highest BCUT2D eigenvalue weighted by atomic mass is 32.2. The molecule has 1 aliphatic heterocycles. The summed E-state index contributed by atoms with van der Waals surface area (Å²) in [6, 6.07) is 8.36. The number of hydrogen-bond donors (Lipinski definition) is 1. The Bertz CT molecular complexity index is 875. The number of amides is 1. The molecule has 1 aromatic heterocycles. The van der Waals surface area contributed by atoms with Crippen LogP contribution in [0.15, 0.2) is 39.9 Å². The highest BCUT2D eigenvalue weighted by Crippen LogP contribution is 2.38. The minimum absolute atomic E-state index is 0.00539. The first-order valence-corrected chi connectivity index (χ1v) is 10.7. The van der Waals surface area contributed by atoms with Crippen molar-refractivity contribution in [2.75, 3.05) is 13.3 Å². The summed E-state index contributed by atoms with van der Waals surface area (Å²) in [7, 11) is -3.64. The lowest BCUT2D eigenvalue weighted by Gasteiger charge is -2.19. The molecule has 0 bridgehead atoms. The van der Waals surface area contributed by atoms with Crippen LogP contribution in [0.2, 0.25) is 0 Å². The molecule has 140 valence electrons. The molecular weight excluding hydrogens is 374 g/mol. The molecule has 0 saturated heterocycles. The molecule has 0 saturated carbocycles. The zero-order valence-corrected chi connectivity index (χ0v) is 16.2. The lowest BCUT2D eigenvalue weighted by molar-refractivity contribution is -0.121. The highest BCUT2D eigenvalue weighted by Gasteiger charge is 2.31. The van der Waals surface area contributed by atoms with E-state index in [0.717, 1.165) is 0 Å². The fraction of sp³-hybridized carbons (Fsp3) is 0.389. The van der Waals surface area contributed by atoms with E-state index < -0.39 is 15.1 Å². The topological polar surface area (TPSA) is 81.7 Å². The van der Waals surface area contributed by atoms with Crippen molar-refractivity contribution < 1.29 is 22.7 Å². The van der Waals surface area contributed by atoms with Crippen LogP contribution in [-0.4, -0.2) is 27.7 Å². The number of hydrogen-bond acceptors (Lipinski definition) is 6. The van der Waals surface area contributed by atoms with Crippen molar-refractivity contribution in [1.29, 1.82) is 0 Å². The van der Waals surface area contributed by atoms with Crippen LogP contribution in [0.3, 0.4) is 0 Å². The van der Waals surface area contributed by atoms with Crippen LogP contribution in [0.25, 0.3) is 0 Å². The zero-order chi connectivity index (χ0) is 18.7. The summed E-state index contributed by atoms with van der Waals surface area (Å²) in [5.74, 6) is 1.15. The van der Waals surface area contributed by atoms with Gasteiger partial charge in [-0.25, -0.2) is 8.42 Å². The van der Waals surface area contributed by atoms with Gasteiger partial charge in [0.25, 0.3) is 0 Å². The van der Waals surface area contributed by atoms with Crippen molar-refractivity contribution in [2.24, 2.45) is 5.92 Å². The molecule has 1 atom stereocenters. The van der Waals surface area contributed by atoms with Gasteiger partial charge in [-0.3, -0.25) is 4.79 Å². The third-order valence-electron chi connectivity index (χ3n) is 4.00. The van der Waals surface area contributed by atoms with Gasteiger partial charge in [0.05, 0.1) is 0 Å². The van der Waals surface area contributed by atoms with Gasteiger partial charge in [-0.05, 0) is 35.1 Å². The Morgan fingerprint density at radius 3 is 2.69 bits per heavy atom. The number of rotatable bonds is 7. The average molecular weight is 396 g/mol. The van der Waals surface area contributed by atoms with Gasteiger partial charge >= 0.3 is 0 Å². The SMILES string of the molecule is CC(C)CC(=O)NC[C@@H](c1ccc2c(c1)OCO2)S(=O)(=O)c1cccs1. The second kappa shape index (κ2) is 7.67. The molecule has 1 N–H and O–H groups in total. The van der Waals surface area contributed by atoms with Crippen molar-refractivity contribution >= 4 is 27.1 Å². The third-order valence-corrected chi connectivity index (χ3v) is 7.53. The summed E-state index contributed by atoms with van der Waals surface area (Å²) in [5, 5.41) is 3.59. The molecule has 1 amide bonds. The predicted octanol–water partition coefficient (Wildman–Crippen LogP) is 3.15. The molecule has 2 aromatic rings. The molecule has 0 unspecified atom stereocenters. The molecule has 3 rings (SSSR count). The molecule has 0 radical (unpaired) electrons. The van der Waals surface area contributed by atoms with Gasteiger partial charge in [-0.1, -0.05) is 26.0 Å². The molecule has 1 aliphatic rings. The first-order chi connectivity index (χ1) is 12.4. The average Bonchev–Trinajstić information content (AvgIpc) is 3.25. The second-order valence-electron chi connectivity index (χ2n) is 6.48. The number of ether oxygens (including phenoxy) is 2. The second-order valence-corrected chi connectivity index (χ2v) is 9.79. The highest BCUT2D eigenvalue weighted by molar-refractivity contribution is 7.93. The van der Waals surface area contributed by atoms with Crippen molar-refractivity contribution in [1.82, 2.24) is 5.32 Å². The first-order valence-electron chi connectivity index (χ1n) is 8.31. The van der Waals surface area contributed by atoms with Crippen molar-refractivity contribution in [3.63, 3.8) is 0 Å². The Hall–Kier alpha value is -2.06. The summed E-state index contributed by atoms with van der Waals surface area (Å²) in [4.78, 5) is 12.0. The van der Waals surface area contributed by atoms with E-state index in [-0.39, 0.29) is 29.4 Å². The summed E-state index contributed by atoms with van der Waals surface area (Å²) in [6.07, 6.45) is 0.354. The summed E-state index contributed by atoms with van der Waals surface area (Å²) in [6.45, 7) is 4.01. The standard InChI is InChI=1S/C18H21NO5S2/c1-12(2)8-17(20)19-10-16(26(21,22)18-4-3-7-25-18)13-5-6-14-15(9-13)24-11-23-14/h3-7,9,12,16H,8,10-11H2,1-2H3,(H,19,20)/t16-/m0/s1. The van der Waals surface area contributed by atoms with Crippen LogP contribution in [-0.2, 0) is 14.6 Å². The van der Waals surface area contributed by atoms with E-state index in [1.807, 2.05) is 13.8 Å². The number of sulfone groups is 1. The van der Waals surface area contributed by atoms with Gasteiger partial charge in [0.15, 0.2) is 21.3 Å². The number of thiophene rings is 1. The molecule has 6 nitrogen and oxygen atoms in total. The van der Waals surface area contributed by atoms with Gasteiger partial charge in [-0.2, -0.15) is 0 Å². The lowest BCUT2D eigenvalue weighted by Crippen LogP contribution is -2.32. The molecular formula is C18H21NO5S2. The van der Waals surface area contributed by atoms with Crippen LogP contribution >= 0.6 is 11.3 Å². The maximum Gasteiger partial charge on any atom is 0.231 e. The molecule has 26 heavy (non-hydrogen) atoms. The van der Waals surface area contributed by atoms with E-state index in [2.05, 4.69) is 5.32 Å². The fourth-order valence-electron chi connectivity index (χ4n) is 2.74. The fourth-order valence-corrected chi connectivity index (χ4v) is 5.59. The molecule has 2 heterocycles. The van der Waals surface area contributed by atoms with Crippen molar-refractivity contribution in [2.45, 2.75) is 29.7 Å². The maximum absolute atomic E-state index is 13.1. The van der Waals surface area contributed by atoms with Gasteiger partial charge in [0.1, 0.15) is 9.46 Å². The summed E-state index contributed by atoms with van der Waals surface area (Å²) in [5.41, 5.74) is 0.562. The summed E-state index contributed by atoms with van der Waals surface area (Å²) >= 11 is 1.17. The predicted molar refractivity (Wildman–Crippen MR) is 99.3 cm³/mol. The molecule has 0 spiro atoms. The minimum atomic E-state index is -3.64. The Morgan fingerprint density at radius 2 is 2.00 bits per heavy atom. The van der Waals surface area contributed by atoms with Gasteiger partial charge < -0.3 is 14.8 Å². The maximum atomic E-state index is 13.1. The smallest absolute Gasteiger partial charge is 0.231 e. The minimum Gasteiger partial charge on any atom is -0.454 e. The Balaban J connectivity index is 1.90. The quantitative estimate of drug-likeness (QED) is 0.779. The van der Waals surface area contributed by atoms with Gasteiger partial charge in [0, 0.05) is 13.0 Å². The summed E-state index contributed by atoms with van der Waals surface area (Å²) < 4.78 is 37.2. The monoisotopic (exact) mass is 395 g/mol. The van der Waals surface area contributed by atoms with Gasteiger partial charge in [0.2, 0.25) is 12.7 Å². The van der Waals surface area contributed by atoms with Crippen LogP contribution < -0.4 is 14.8 Å². The molecule has 0 aliphatic carbocycles. The normalized spacial score (nSPS) is 14.4. The Kier molecular flexibility index (Phi) is 5.52. The van der Waals surface area contributed by atoms with Crippen LogP contribution in [0.5, 0.6) is 11.5 Å². The number of nitrogens with one attached hydrogen (secondary N) is 1. The van der Waals surface area contributed by atoms with E-state index >= 15 is 0 Å². The first kappa shape index (κ1) is 18.7. The number of carbonyl (C=O) groups excluding carboxylic acids is 1.